The van der Waals surface area contributed by atoms with Crippen LogP contribution in [-0.2, 0) is 0 Å². The standard InChI is InChI=1S/C23H17N3O2/c27-23(21-12-10-17-6-1-2-8-20(17)26-21)25-13-3-4-15-28-19-11-9-18-7-5-14-24-22(18)16-19/h1-2,5-12,14,16H,13,15H2,(H,25,27). The normalized spacial score (nSPS) is 10.3. The summed E-state index contributed by atoms with van der Waals surface area (Å²) in [6.07, 6.45) is 1.75. The highest BCUT2D eigenvalue weighted by atomic mass is 16.5. The maximum Gasteiger partial charge on any atom is 0.270 e. The van der Waals surface area contributed by atoms with Gasteiger partial charge in [-0.05, 0) is 30.3 Å². The third-order valence-corrected chi connectivity index (χ3v) is 4.18. The number of fused-ring (bicyclic) bond motifs is 2. The van der Waals surface area contributed by atoms with Crippen LogP contribution >= 0.6 is 0 Å². The fraction of sp³-hybridized carbons (Fsp3) is 0.0870. The second-order valence-corrected chi connectivity index (χ2v) is 6.07. The molecule has 28 heavy (non-hydrogen) atoms. The number of carbonyl (C=O) groups excluding carboxylic acids is 1. The van der Waals surface area contributed by atoms with E-state index in [1.807, 2.05) is 60.7 Å². The largest absolute Gasteiger partial charge is 0.481 e. The van der Waals surface area contributed by atoms with E-state index in [0.29, 0.717) is 11.4 Å². The topological polar surface area (TPSA) is 64.1 Å². The summed E-state index contributed by atoms with van der Waals surface area (Å²) in [5, 5.41) is 4.81. The van der Waals surface area contributed by atoms with Crippen LogP contribution in [0.15, 0.2) is 72.9 Å². The summed E-state index contributed by atoms with van der Waals surface area (Å²) in [5.41, 5.74) is 2.04. The average Bonchev–Trinajstić information content (AvgIpc) is 2.75. The van der Waals surface area contributed by atoms with Crippen molar-refractivity contribution in [3.05, 3.63) is 78.6 Å². The molecule has 0 saturated heterocycles. The van der Waals surface area contributed by atoms with Crippen molar-refractivity contribution < 1.29 is 9.53 Å². The predicted octanol–water partition coefficient (Wildman–Crippen LogP) is 3.60. The molecule has 5 nitrogen and oxygen atoms in total. The first-order valence-corrected chi connectivity index (χ1v) is 8.87. The fourth-order valence-electron chi connectivity index (χ4n) is 2.78. The van der Waals surface area contributed by atoms with Crippen molar-refractivity contribution >= 4 is 27.7 Å². The highest BCUT2D eigenvalue weighted by Gasteiger charge is 2.06. The first kappa shape index (κ1) is 17.5. The first-order chi connectivity index (χ1) is 13.8. The Morgan fingerprint density at radius 2 is 1.75 bits per heavy atom. The third kappa shape index (κ3) is 4.08. The van der Waals surface area contributed by atoms with Gasteiger partial charge in [0.1, 0.15) is 18.1 Å². The number of para-hydroxylation sites is 1. The van der Waals surface area contributed by atoms with Crippen LogP contribution in [0.2, 0.25) is 0 Å². The number of nitrogens with one attached hydrogen (secondary N) is 1. The van der Waals surface area contributed by atoms with Gasteiger partial charge in [-0.1, -0.05) is 42.2 Å². The minimum absolute atomic E-state index is 0.232. The van der Waals surface area contributed by atoms with Crippen molar-refractivity contribution in [2.24, 2.45) is 0 Å². The van der Waals surface area contributed by atoms with E-state index >= 15 is 0 Å². The Morgan fingerprint density at radius 1 is 0.929 bits per heavy atom. The third-order valence-electron chi connectivity index (χ3n) is 4.18. The minimum atomic E-state index is -0.249. The van der Waals surface area contributed by atoms with Crippen molar-refractivity contribution in [1.82, 2.24) is 15.3 Å². The zero-order valence-corrected chi connectivity index (χ0v) is 15.1. The number of rotatable bonds is 4. The second-order valence-electron chi connectivity index (χ2n) is 6.07. The van der Waals surface area contributed by atoms with Crippen LogP contribution in [0.25, 0.3) is 21.8 Å². The van der Waals surface area contributed by atoms with Gasteiger partial charge in [-0.25, -0.2) is 4.98 Å². The van der Waals surface area contributed by atoms with Crippen LogP contribution in [-0.4, -0.2) is 29.0 Å². The molecule has 0 aliphatic heterocycles. The van der Waals surface area contributed by atoms with E-state index < -0.39 is 0 Å². The number of hydrogen-bond acceptors (Lipinski definition) is 4. The summed E-state index contributed by atoms with van der Waals surface area (Å²) in [6, 6.07) is 20.9. The van der Waals surface area contributed by atoms with Crippen LogP contribution in [0.5, 0.6) is 5.75 Å². The van der Waals surface area contributed by atoms with Gasteiger partial charge in [0.25, 0.3) is 5.91 Å². The molecule has 4 aromatic rings. The van der Waals surface area contributed by atoms with Gasteiger partial charge in [0.05, 0.1) is 17.6 Å². The Morgan fingerprint density at radius 3 is 2.71 bits per heavy atom. The number of carbonyl (C=O) groups is 1. The number of hydrogen-bond donors (Lipinski definition) is 1. The molecule has 5 heteroatoms. The molecule has 0 aliphatic carbocycles. The fourth-order valence-corrected chi connectivity index (χ4v) is 2.78. The SMILES string of the molecule is O=C(NCC#CCOc1ccc2cccnc2c1)c1ccc2ccccc2n1. The number of ether oxygens (including phenoxy) is 1. The van der Waals surface area contributed by atoms with Crippen molar-refractivity contribution in [3.8, 4) is 17.6 Å². The summed E-state index contributed by atoms with van der Waals surface area (Å²) in [6.45, 7) is 0.471. The summed E-state index contributed by atoms with van der Waals surface area (Å²) < 4.78 is 5.62. The minimum Gasteiger partial charge on any atom is -0.481 e. The highest BCUT2D eigenvalue weighted by Crippen LogP contribution is 2.18. The lowest BCUT2D eigenvalue weighted by molar-refractivity contribution is 0.0954. The van der Waals surface area contributed by atoms with Gasteiger partial charge in [0.2, 0.25) is 0 Å². The van der Waals surface area contributed by atoms with Crippen LogP contribution < -0.4 is 10.1 Å². The zero-order valence-electron chi connectivity index (χ0n) is 15.1. The average molecular weight is 367 g/mol. The van der Waals surface area contributed by atoms with Gasteiger partial charge in [-0.2, -0.15) is 0 Å². The Hall–Kier alpha value is -3.91. The zero-order chi connectivity index (χ0) is 19.2. The lowest BCUT2D eigenvalue weighted by atomic mass is 10.2. The molecule has 2 aromatic heterocycles. The number of aromatic nitrogens is 2. The Balaban J connectivity index is 1.28. The van der Waals surface area contributed by atoms with E-state index in [2.05, 4.69) is 27.1 Å². The van der Waals surface area contributed by atoms with Crippen molar-refractivity contribution in [3.63, 3.8) is 0 Å². The van der Waals surface area contributed by atoms with E-state index in [1.54, 1.807) is 12.3 Å². The quantitative estimate of drug-likeness (QED) is 0.560. The molecule has 0 fully saturated rings. The second kappa shape index (κ2) is 8.19. The van der Waals surface area contributed by atoms with Gasteiger partial charge in [-0.15, -0.1) is 0 Å². The molecule has 0 unspecified atom stereocenters. The van der Waals surface area contributed by atoms with Crippen molar-refractivity contribution in [2.75, 3.05) is 13.2 Å². The van der Waals surface area contributed by atoms with Gasteiger partial charge < -0.3 is 10.1 Å². The molecular formula is C23H17N3O2. The van der Waals surface area contributed by atoms with E-state index in [9.17, 15) is 4.79 Å². The van der Waals surface area contributed by atoms with Crippen molar-refractivity contribution in [2.45, 2.75) is 0 Å². The lowest BCUT2D eigenvalue weighted by Crippen LogP contribution is -2.24. The molecule has 0 spiro atoms. The molecule has 1 N–H and O–H groups in total. The lowest BCUT2D eigenvalue weighted by Gasteiger charge is -2.03. The van der Waals surface area contributed by atoms with Crippen LogP contribution in [0, 0.1) is 11.8 Å². The molecule has 0 aliphatic rings. The van der Waals surface area contributed by atoms with Crippen LogP contribution in [0.4, 0.5) is 0 Å². The molecule has 0 atom stereocenters. The van der Waals surface area contributed by atoms with E-state index in [0.717, 1.165) is 21.8 Å². The molecule has 2 heterocycles. The molecule has 0 bridgehead atoms. The van der Waals surface area contributed by atoms with Crippen LogP contribution in [0.3, 0.4) is 0 Å². The summed E-state index contributed by atoms with van der Waals surface area (Å²) in [7, 11) is 0. The molecule has 0 saturated carbocycles. The van der Waals surface area contributed by atoms with E-state index in [1.165, 1.54) is 0 Å². The Bertz CT molecular complexity index is 1210. The number of amides is 1. The molecule has 2 aromatic carbocycles. The summed E-state index contributed by atoms with van der Waals surface area (Å²) in [5.74, 6) is 6.24. The molecule has 136 valence electrons. The molecular weight excluding hydrogens is 350 g/mol. The van der Waals surface area contributed by atoms with Crippen molar-refractivity contribution in [1.29, 1.82) is 0 Å². The summed E-state index contributed by atoms with van der Waals surface area (Å²) in [4.78, 5) is 20.8. The van der Waals surface area contributed by atoms with Gasteiger partial charge in [0.15, 0.2) is 0 Å². The van der Waals surface area contributed by atoms with Gasteiger partial charge in [0, 0.05) is 23.0 Å². The molecule has 1 amide bonds. The predicted molar refractivity (Wildman–Crippen MR) is 109 cm³/mol. The monoisotopic (exact) mass is 367 g/mol. The first-order valence-electron chi connectivity index (χ1n) is 8.87. The van der Waals surface area contributed by atoms with Crippen LogP contribution in [0.1, 0.15) is 10.5 Å². The van der Waals surface area contributed by atoms with Gasteiger partial charge in [-0.3, -0.25) is 9.78 Å². The maximum absolute atomic E-state index is 12.2. The smallest absolute Gasteiger partial charge is 0.270 e. The Labute approximate surface area is 162 Å². The maximum atomic E-state index is 12.2. The van der Waals surface area contributed by atoms with Gasteiger partial charge >= 0.3 is 0 Å². The Kier molecular flexibility index (Phi) is 5.12. The van der Waals surface area contributed by atoms with E-state index in [4.69, 9.17) is 4.74 Å². The molecule has 0 radical (unpaired) electrons. The summed E-state index contributed by atoms with van der Waals surface area (Å²) >= 11 is 0. The highest BCUT2D eigenvalue weighted by molar-refractivity contribution is 5.95. The molecule has 4 rings (SSSR count). The number of nitrogens with zero attached hydrogens (tertiary/aromatic N) is 2. The number of pyridine rings is 2. The number of benzene rings is 2. The van der Waals surface area contributed by atoms with E-state index in [-0.39, 0.29) is 19.1 Å².